The summed E-state index contributed by atoms with van der Waals surface area (Å²) in [5.41, 5.74) is 6.20. The van der Waals surface area contributed by atoms with Gasteiger partial charge in [0.15, 0.2) is 6.61 Å². The summed E-state index contributed by atoms with van der Waals surface area (Å²) in [7, 11) is 0. The number of carbonyl (C=O) groups is 2. The minimum atomic E-state index is -0.579. The number of urea groups is 1. The molecular weight excluding hydrogens is 410 g/mol. The van der Waals surface area contributed by atoms with Gasteiger partial charge in [0.25, 0.3) is 5.91 Å². The summed E-state index contributed by atoms with van der Waals surface area (Å²) in [6, 6.07) is 11.6. The van der Waals surface area contributed by atoms with E-state index in [0.717, 1.165) is 16.5 Å². The number of benzene rings is 2. The molecule has 0 saturated carbocycles. The van der Waals surface area contributed by atoms with Crippen LogP contribution in [0.3, 0.4) is 0 Å². The highest BCUT2D eigenvalue weighted by molar-refractivity contribution is 9.10. The van der Waals surface area contributed by atoms with Gasteiger partial charge in [0.2, 0.25) is 0 Å². The normalized spacial score (nSPS) is 10.0. The Morgan fingerprint density at radius 3 is 2.48 bits per heavy atom. The SMILES string of the molecule is CCc1ccc(OCC(=O)NNC(=O)Nc2ccc(Cl)cc2)c(Br)c1. The van der Waals surface area contributed by atoms with Crippen LogP contribution in [0.2, 0.25) is 5.02 Å². The van der Waals surface area contributed by atoms with Gasteiger partial charge in [-0.25, -0.2) is 10.2 Å². The van der Waals surface area contributed by atoms with Gasteiger partial charge in [0.05, 0.1) is 4.47 Å². The fourth-order valence-corrected chi connectivity index (χ4v) is 2.55. The maximum absolute atomic E-state index is 11.7. The molecule has 0 saturated heterocycles. The zero-order chi connectivity index (χ0) is 18.2. The second kappa shape index (κ2) is 9.29. The van der Waals surface area contributed by atoms with Crippen molar-refractivity contribution in [2.75, 3.05) is 11.9 Å². The summed E-state index contributed by atoms with van der Waals surface area (Å²) < 4.78 is 6.19. The van der Waals surface area contributed by atoms with E-state index in [2.05, 4.69) is 39.0 Å². The fraction of sp³-hybridized carbons (Fsp3) is 0.176. The Bertz CT molecular complexity index is 753. The second-order valence-electron chi connectivity index (χ2n) is 5.04. The van der Waals surface area contributed by atoms with Crippen molar-refractivity contribution in [1.82, 2.24) is 10.9 Å². The number of ether oxygens (including phenoxy) is 1. The van der Waals surface area contributed by atoms with Crippen molar-refractivity contribution >= 4 is 45.2 Å². The molecule has 0 aromatic heterocycles. The second-order valence-corrected chi connectivity index (χ2v) is 6.33. The molecule has 2 aromatic carbocycles. The van der Waals surface area contributed by atoms with Gasteiger partial charge in [0.1, 0.15) is 5.75 Å². The number of carbonyl (C=O) groups excluding carboxylic acids is 2. The van der Waals surface area contributed by atoms with Gasteiger partial charge < -0.3 is 10.1 Å². The quantitative estimate of drug-likeness (QED) is 0.635. The molecule has 0 bridgehead atoms. The predicted octanol–water partition coefficient (Wildman–Crippen LogP) is 3.90. The predicted molar refractivity (Wildman–Crippen MR) is 101 cm³/mol. The van der Waals surface area contributed by atoms with E-state index >= 15 is 0 Å². The first-order chi connectivity index (χ1) is 12.0. The van der Waals surface area contributed by atoms with Crippen molar-refractivity contribution in [3.8, 4) is 5.75 Å². The van der Waals surface area contributed by atoms with Gasteiger partial charge in [0, 0.05) is 10.7 Å². The molecule has 3 amide bonds. The Morgan fingerprint density at radius 2 is 1.84 bits per heavy atom. The lowest BCUT2D eigenvalue weighted by molar-refractivity contribution is -0.123. The summed E-state index contributed by atoms with van der Waals surface area (Å²) >= 11 is 9.16. The van der Waals surface area contributed by atoms with E-state index in [1.165, 1.54) is 0 Å². The summed E-state index contributed by atoms with van der Waals surface area (Å²) in [5.74, 6) is 0.0655. The summed E-state index contributed by atoms with van der Waals surface area (Å²) in [4.78, 5) is 23.4. The molecule has 2 rings (SSSR count). The Kier molecular flexibility index (Phi) is 7.09. The highest BCUT2D eigenvalue weighted by Crippen LogP contribution is 2.26. The fourth-order valence-electron chi connectivity index (χ4n) is 1.88. The molecular formula is C17H17BrClN3O3. The van der Waals surface area contributed by atoms with Gasteiger partial charge in [-0.2, -0.15) is 0 Å². The lowest BCUT2D eigenvalue weighted by Crippen LogP contribution is -2.45. The Morgan fingerprint density at radius 1 is 1.12 bits per heavy atom. The number of hydrogen-bond acceptors (Lipinski definition) is 3. The largest absolute Gasteiger partial charge is 0.483 e. The van der Waals surface area contributed by atoms with Crippen LogP contribution in [0.25, 0.3) is 0 Å². The molecule has 0 aliphatic carbocycles. The van der Waals surface area contributed by atoms with Crippen molar-refractivity contribution < 1.29 is 14.3 Å². The molecule has 0 heterocycles. The third kappa shape index (κ3) is 6.28. The van der Waals surface area contributed by atoms with Gasteiger partial charge in [-0.3, -0.25) is 10.2 Å². The number of halogens is 2. The molecule has 2 aromatic rings. The number of rotatable bonds is 5. The molecule has 0 atom stereocenters. The van der Waals surface area contributed by atoms with E-state index in [9.17, 15) is 9.59 Å². The zero-order valence-corrected chi connectivity index (χ0v) is 15.8. The molecule has 3 N–H and O–H groups in total. The maximum Gasteiger partial charge on any atom is 0.337 e. The summed E-state index contributed by atoms with van der Waals surface area (Å²) in [6.45, 7) is 1.82. The van der Waals surface area contributed by atoms with E-state index in [1.807, 2.05) is 12.1 Å². The number of hydrogen-bond donors (Lipinski definition) is 3. The van der Waals surface area contributed by atoms with Crippen molar-refractivity contribution in [3.63, 3.8) is 0 Å². The molecule has 0 aliphatic rings. The topological polar surface area (TPSA) is 79.5 Å². The Labute approximate surface area is 159 Å². The number of anilines is 1. The van der Waals surface area contributed by atoms with Crippen LogP contribution in [0.15, 0.2) is 46.9 Å². The van der Waals surface area contributed by atoms with Crippen LogP contribution in [-0.4, -0.2) is 18.5 Å². The third-order valence-electron chi connectivity index (χ3n) is 3.18. The smallest absolute Gasteiger partial charge is 0.337 e. The van der Waals surface area contributed by atoms with E-state index < -0.39 is 11.9 Å². The number of nitrogens with one attached hydrogen (secondary N) is 3. The van der Waals surface area contributed by atoms with Gasteiger partial charge in [-0.15, -0.1) is 0 Å². The van der Waals surface area contributed by atoms with Crippen molar-refractivity contribution in [2.24, 2.45) is 0 Å². The molecule has 0 unspecified atom stereocenters. The van der Waals surface area contributed by atoms with Crippen molar-refractivity contribution in [3.05, 3.63) is 57.5 Å². The standard InChI is InChI=1S/C17H17BrClN3O3/c1-2-11-3-8-15(14(18)9-11)25-10-16(23)21-22-17(24)20-13-6-4-12(19)5-7-13/h3-9H,2,10H2,1H3,(H,21,23)(H2,20,22,24). The molecule has 25 heavy (non-hydrogen) atoms. The average molecular weight is 427 g/mol. The molecule has 0 radical (unpaired) electrons. The van der Waals surface area contributed by atoms with Crippen LogP contribution in [0.1, 0.15) is 12.5 Å². The van der Waals surface area contributed by atoms with Crippen LogP contribution >= 0.6 is 27.5 Å². The molecule has 6 nitrogen and oxygen atoms in total. The van der Waals surface area contributed by atoms with Crippen LogP contribution < -0.4 is 20.9 Å². The Hall–Kier alpha value is -2.25. The first kappa shape index (κ1) is 19.1. The minimum Gasteiger partial charge on any atom is -0.483 e. The molecule has 132 valence electrons. The van der Waals surface area contributed by atoms with Crippen LogP contribution in [-0.2, 0) is 11.2 Å². The van der Waals surface area contributed by atoms with Crippen LogP contribution in [0, 0.1) is 0 Å². The van der Waals surface area contributed by atoms with E-state index in [0.29, 0.717) is 16.5 Å². The number of hydrazine groups is 1. The Balaban J connectivity index is 1.75. The first-order valence-corrected chi connectivity index (χ1v) is 8.67. The summed E-state index contributed by atoms with van der Waals surface area (Å²) in [6.07, 6.45) is 0.909. The third-order valence-corrected chi connectivity index (χ3v) is 4.05. The lowest BCUT2D eigenvalue weighted by Gasteiger charge is -2.11. The van der Waals surface area contributed by atoms with E-state index in [4.69, 9.17) is 16.3 Å². The monoisotopic (exact) mass is 425 g/mol. The van der Waals surface area contributed by atoms with Gasteiger partial charge in [-0.1, -0.05) is 24.6 Å². The van der Waals surface area contributed by atoms with Crippen molar-refractivity contribution in [1.29, 1.82) is 0 Å². The van der Waals surface area contributed by atoms with E-state index in [-0.39, 0.29) is 6.61 Å². The van der Waals surface area contributed by atoms with Crippen LogP contribution in [0.4, 0.5) is 10.5 Å². The number of amides is 3. The molecule has 8 heteroatoms. The summed E-state index contributed by atoms with van der Waals surface area (Å²) in [5, 5.41) is 3.11. The van der Waals surface area contributed by atoms with Crippen molar-refractivity contribution in [2.45, 2.75) is 13.3 Å². The molecule has 0 aliphatic heterocycles. The highest BCUT2D eigenvalue weighted by Gasteiger charge is 2.08. The van der Waals surface area contributed by atoms with E-state index in [1.54, 1.807) is 30.3 Å². The van der Waals surface area contributed by atoms with Crippen LogP contribution in [0.5, 0.6) is 5.75 Å². The highest BCUT2D eigenvalue weighted by atomic mass is 79.9. The average Bonchev–Trinajstić information content (AvgIpc) is 2.60. The van der Waals surface area contributed by atoms with Gasteiger partial charge in [-0.05, 0) is 64.3 Å². The first-order valence-electron chi connectivity index (χ1n) is 7.50. The van der Waals surface area contributed by atoms with Gasteiger partial charge >= 0.3 is 6.03 Å². The molecule has 0 spiro atoms. The zero-order valence-electron chi connectivity index (χ0n) is 13.4. The lowest BCUT2D eigenvalue weighted by atomic mass is 10.2. The number of aryl methyl sites for hydroxylation is 1. The maximum atomic E-state index is 11.7. The molecule has 0 fully saturated rings. The minimum absolute atomic E-state index is 0.231.